The second-order valence-electron chi connectivity index (χ2n) is 8.34. The Hall–Kier alpha value is -2.46. The Morgan fingerprint density at radius 1 is 1.16 bits per heavy atom. The van der Waals surface area contributed by atoms with Crippen LogP contribution in [0.25, 0.3) is 0 Å². The SMILES string of the molecule is CCNC(=NCc1cn(C)nc1C(F)(F)F)NCC(CC)(CC)NC(=O)OC(C)(C)C. The molecule has 178 valence electrons. The third-order valence-corrected chi connectivity index (χ3v) is 4.64. The molecular weight excluding hydrogens is 413 g/mol. The van der Waals surface area contributed by atoms with Crippen LogP contribution in [0.1, 0.15) is 65.6 Å². The number of nitrogens with one attached hydrogen (secondary N) is 3. The lowest BCUT2D eigenvalue weighted by molar-refractivity contribution is -0.142. The van der Waals surface area contributed by atoms with Crippen molar-refractivity contribution >= 4 is 12.1 Å². The maximum absolute atomic E-state index is 13.2. The van der Waals surface area contributed by atoms with Crippen LogP contribution < -0.4 is 16.0 Å². The summed E-state index contributed by atoms with van der Waals surface area (Å²) in [5.74, 6) is 0.344. The summed E-state index contributed by atoms with van der Waals surface area (Å²) in [5.41, 5.74) is -2.20. The Kier molecular flexibility index (Phi) is 9.19. The molecule has 0 saturated heterocycles. The van der Waals surface area contributed by atoms with E-state index < -0.39 is 29.1 Å². The van der Waals surface area contributed by atoms with Gasteiger partial charge in [-0.15, -0.1) is 0 Å². The Balaban J connectivity index is 2.95. The number of amides is 1. The number of rotatable bonds is 8. The summed E-state index contributed by atoms with van der Waals surface area (Å²) in [6.45, 7) is 11.8. The average molecular weight is 449 g/mol. The van der Waals surface area contributed by atoms with Crippen LogP contribution in [0.2, 0.25) is 0 Å². The highest BCUT2D eigenvalue weighted by Gasteiger charge is 2.37. The number of ether oxygens (including phenoxy) is 1. The van der Waals surface area contributed by atoms with Gasteiger partial charge in [-0.25, -0.2) is 9.79 Å². The monoisotopic (exact) mass is 448 g/mol. The van der Waals surface area contributed by atoms with E-state index in [0.717, 1.165) is 4.68 Å². The molecule has 0 aromatic carbocycles. The highest BCUT2D eigenvalue weighted by Crippen LogP contribution is 2.30. The molecule has 1 aromatic heterocycles. The molecule has 0 unspecified atom stereocenters. The molecular formula is C20H35F3N6O2. The standard InChI is InChI=1S/C20H35F3N6O2/c1-8-19(9-2,27-17(30)31-18(4,5)6)13-26-16(24-10-3)25-11-14-12-29(7)28-15(14)20(21,22)23/h12H,8-11,13H2,1-7H3,(H,27,30)(H2,24,25,26). The van der Waals surface area contributed by atoms with Gasteiger partial charge < -0.3 is 20.7 Å². The fraction of sp³-hybridized carbons (Fsp3) is 0.750. The van der Waals surface area contributed by atoms with Crippen molar-refractivity contribution in [2.24, 2.45) is 12.0 Å². The Morgan fingerprint density at radius 2 is 1.77 bits per heavy atom. The molecule has 0 aliphatic rings. The van der Waals surface area contributed by atoms with E-state index in [9.17, 15) is 18.0 Å². The largest absolute Gasteiger partial charge is 0.444 e. The van der Waals surface area contributed by atoms with Crippen LogP contribution >= 0.6 is 0 Å². The maximum Gasteiger partial charge on any atom is 0.435 e. The van der Waals surface area contributed by atoms with Crippen LogP contribution in [0.5, 0.6) is 0 Å². The second-order valence-corrected chi connectivity index (χ2v) is 8.34. The number of carbonyl (C=O) groups excluding carboxylic acids is 1. The first kappa shape index (κ1) is 26.6. The van der Waals surface area contributed by atoms with Gasteiger partial charge in [0.15, 0.2) is 11.7 Å². The van der Waals surface area contributed by atoms with Crippen molar-refractivity contribution < 1.29 is 22.7 Å². The van der Waals surface area contributed by atoms with Gasteiger partial charge >= 0.3 is 12.3 Å². The highest BCUT2D eigenvalue weighted by atomic mass is 19.4. The number of aromatic nitrogens is 2. The molecule has 31 heavy (non-hydrogen) atoms. The molecule has 8 nitrogen and oxygen atoms in total. The lowest BCUT2D eigenvalue weighted by atomic mass is 9.93. The van der Waals surface area contributed by atoms with E-state index in [1.165, 1.54) is 13.2 Å². The van der Waals surface area contributed by atoms with Gasteiger partial charge in [-0.3, -0.25) is 4.68 Å². The first-order valence-corrected chi connectivity index (χ1v) is 10.4. The van der Waals surface area contributed by atoms with E-state index >= 15 is 0 Å². The fourth-order valence-corrected chi connectivity index (χ4v) is 2.89. The normalized spacial score (nSPS) is 13.2. The zero-order valence-corrected chi connectivity index (χ0v) is 19.4. The van der Waals surface area contributed by atoms with Crippen LogP contribution in [0.15, 0.2) is 11.2 Å². The average Bonchev–Trinajstić information content (AvgIpc) is 3.02. The quantitative estimate of drug-likeness (QED) is 0.418. The predicted molar refractivity (Wildman–Crippen MR) is 114 cm³/mol. The third kappa shape index (κ3) is 8.66. The number of alkyl halides is 3. The summed E-state index contributed by atoms with van der Waals surface area (Å²) in [6.07, 6.45) is -2.52. The Morgan fingerprint density at radius 3 is 2.26 bits per heavy atom. The lowest BCUT2D eigenvalue weighted by Crippen LogP contribution is -2.57. The summed E-state index contributed by atoms with van der Waals surface area (Å²) in [4.78, 5) is 16.6. The number of hydrogen-bond acceptors (Lipinski definition) is 4. The van der Waals surface area contributed by atoms with Crippen LogP contribution in [0.3, 0.4) is 0 Å². The van der Waals surface area contributed by atoms with Crippen molar-refractivity contribution in [1.29, 1.82) is 0 Å². The van der Waals surface area contributed by atoms with Gasteiger partial charge in [0.05, 0.1) is 12.1 Å². The van der Waals surface area contributed by atoms with Gasteiger partial charge in [-0.2, -0.15) is 18.3 Å². The number of hydrogen-bond donors (Lipinski definition) is 3. The summed E-state index contributed by atoms with van der Waals surface area (Å²) >= 11 is 0. The summed E-state index contributed by atoms with van der Waals surface area (Å²) in [6, 6.07) is 0. The second kappa shape index (κ2) is 10.7. The first-order valence-electron chi connectivity index (χ1n) is 10.4. The summed E-state index contributed by atoms with van der Waals surface area (Å²) in [5, 5.41) is 12.6. The van der Waals surface area contributed by atoms with Crippen molar-refractivity contribution in [3.63, 3.8) is 0 Å². The molecule has 0 saturated carbocycles. The van der Waals surface area contributed by atoms with Crippen molar-refractivity contribution in [3.8, 4) is 0 Å². The molecule has 0 atom stereocenters. The molecule has 0 spiro atoms. The molecule has 11 heteroatoms. The summed E-state index contributed by atoms with van der Waals surface area (Å²) < 4.78 is 46.0. The van der Waals surface area contributed by atoms with Crippen molar-refractivity contribution in [2.45, 2.75) is 78.2 Å². The zero-order chi connectivity index (χ0) is 23.9. The van der Waals surface area contributed by atoms with E-state index in [1.54, 1.807) is 20.8 Å². The lowest BCUT2D eigenvalue weighted by Gasteiger charge is -2.34. The molecule has 1 amide bonds. The number of halogens is 3. The molecule has 0 fully saturated rings. The van der Waals surface area contributed by atoms with Crippen LogP contribution in [-0.2, 0) is 24.5 Å². The molecule has 0 aliphatic carbocycles. The van der Waals surface area contributed by atoms with E-state index in [-0.39, 0.29) is 12.1 Å². The maximum atomic E-state index is 13.2. The van der Waals surface area contributed by atoms with Crippen LogP contribution in [0.4, 0.5) is 18.0 Å². The zero-order valence-electron chi connectivity index (χ0n) is 19.4. The number of carbonyl (C=O) groups is 1. The van der Waals surface area contributed by atoms with Gasteiger partial charge in [0.25, 0.3) is 0 Å². The fourth-order valence-electron chi connectivity index (χ4n) is 2.89. The van der Waals surface area contributed by atoms with Crippen LogP contribution in [-0.4, -0.2) is 46.1 Å². The minimum atomic E-state index is -4.55. The molecule has 0 aliphatic heterocycles. The molecule has 1 heterocycles. The highest BCUT2D eigenvalue weighted by molar-refractivity contribution is 5.80. The van der Waals surface area contributed by atoms with Gasteiger partial charge in [0, 0.05) is 31.9 Å². The Labute approximate surface area is 182 Å². The van der Waals surface area contributed by atoms with Gasteiger partial charge in [0.2, 0.25) is 0 Å². The smallest absolute Gasteiger partial charge is 0.435 e. The van der Waals surface area contributed by atoms with E-state index in [2.05, 4.69) is 26.0 Å². The number of guanidine groups is 1. The van der Waals surface area contributed by atoms with Crippen molar-refractivity contribution in [1.82, 2.24) is 25.7 Å². The minimum absolute atomic E-state index is 0.0173. The number of nitrogens with zero attached hydrogens (tertiary/aromatic N) is 3. The van der Waals surface area contributed by atoms with E-state index in [1.807, 2.05) is 20.8 Å². The van der Waals surface area contributed by atoms with E-state index in [0.29, 0.717) is 31.9 Å². The van der Waals surface area contributed by atoms with Crippen molar-refractivity contribution in [3.05, 3.63) is 17.5 Å². The first-order chi connectivity index (χ1) is 14.2. The number of aliphatic imine (C=N–C) groups is 1. The Bertz CT molecular complexity index is 749. The predicted octanol–water partition coefficient (Wildman–Crippen LogP) is 3.58. The molecule has 1 aromatic rings. The number of alkyl carbamates (subject to hydrolysis) is 1. The van der Waals surface area contributed by atoms with Crippen LogP contribution in [0, 0.1) is 0 Å². The van der Waals surface area contributed by atoms with Gasteiger partial charge in [0.1, 0.15) is 5.60 Å². The molecule has 3 N–H and O–H groups in total. The molecule has 0 bridgehead atoms. The van der Waals surface area contributed by atoms with E-state index in [4.69, 9.17) is 4.74 Å². The topological polar surface area (TPSA) is 92.6 Å². The van der Waals surface area contributed by atoms with Gasteiger partial charge in [-0.05, 0) is 40.5 Å². The number of aryl methyl sites for hydroxylation is 1. The molecule has 0 radical (unpaired) electrons. The third-order valence-electron chi connectivity index (χ3n) is 4.64. The van der Waals surface area contributed by atoms with Gasteiger partial charge in [-0.1, -0.05) is 13.8 Å². The minimum Gasteiger partial charge on any atom is -0.444 e. The van der Waals surface area contributed by atoms with Crippen molar-refractivity contribution in [2.75, 3.05) is 13.1 Å². The molecule has 1 rings (SSSR count). The summed E-state index contributed by atoms with van der Waals surface area (Å²) in [7, 11) is 1.44.